The quantitative estimate of drug-likeness (QED) is 0.174. The molecule has 0 bridgehead atoms. The van der Waals surface area contributed by atoms with E-state index in [0.29, 0.717) is 0 Å². The molecule has 0 N–H and O–H groups in total. The summed E-state index contributed by atoms with van der Waals surface area (Å²) in [5.74, 6) is 0. The minimum Gasteiger partial charge on any atom is -0.309 e. The molecule has 55 heavy (non-hydrogen) atoms. The van der Waals surface area contributed by atoms with Crippen LogP contribution in [0.3, 0.4) is 0 Å². The molecule has 1 nitrogen and oxygen atoms in total. The molecule has 9 aromatic rings. The van der Waals surface area contributed by atoms with Crippen LogP contribution in [-0.4, -0.2) is 0 Å². The number of anilines is 3. The third-order valence-corrected chi connectivity index (χ3v) is 12.7. The molecule has 0 fully saturated rings. The molecule has 2 aliphatic rings. The molecule has 11 rings (SSSR count). The van der Waals surface area contributed by atoms with Crippen molar-refractivity contribution >= 4 is 39.6 Å². The highest BCUT2D eigenvalue weighted by Gasteiger charge is 2.51. The first-order valence-corrected chi connectivity index (χ1v) is 19.7. The van der Waals surface area contributed by atoms with Crippen molar-refractivity contribution in [2.75, 3.05) is 4.90 Å². The van der Waals surface area contributed by atoms with Gasteiger partial charge in [0.1, 0.15) is 0 Å². The van der Waals surface area contributed by atoms with Crippen LogP contribution in [0.4, 0.5) is 17.1 Å². The zero-order chi connectivity index (χ0) is 36.3. The number of nitrogens with zero attached hydrogens (tertiary/aromatic N) is 1. The molecule has 1 spiro atoms. The molecule has 1 aliphatic carbocycles. The van der Waals surface area contributed by atoms with Gasteiger partial charge in [-0.05, 0) is 97.2 Å². The van der Waals surface area contributed by atoms with Crippen LogP contribution in [0.2, 0.25) is 0 Å². The summed E-state index contributed by atoms with van der Waals surface area (Å²) in [6.45, 7) is 0. The van der Waals surface area contributed by atoms with Gasteiger partial charge in [-0.3, -0.25) is 0 Å². The highest BCUT2D eigenvalue weighted by molar-refractivity contribution is 7.99. The van der Waals surface area contributed by atoms with Gasteiger partial charge in [0.2, 0.25) is 0 Å². The van der Waals surface area contributed by atoms with Crippen molar-refractivity contribution in [3.63, 3.8) is 0 Å². The first-order chi connectivity index (χ1) is 27.3. The van der Waals surface area contributed by atoms with Crippen molar-refractivity contribution in [2.24, 2.45) is 0 Å². The SMILES string of the molecule is c1ccc(-c2ccc(N(c3ccccc3-c3ccccc3)c3cccc4c3Sc3cc5ccccc5cc3C43c4ccccc4-c4ccccc43)cc2)cc1. The molecule has 0 amide bonds. The van der Waals surface area contributed by atoms with E-state index in [-0.39, 0.29) is 0 Å². The van der Waals surface area contributed by atoms with Crippen molar-refractivity contribution in [1.29, 1.82) is 0 Å². The molecular formula is C53H35NS. The van der Waals surface area contributed by atoms with Crippen LogP contribution in [0, 0.1) is 0 Å². The van der Waals surface area contributed by atoms with Crippen LogP contribution < -0.4 is 4.90 Å². The van der Waals surface area contributed by atoms with Crippen LogP contribution in [0.15, 0.2) is 222 Å². The lowest BCUT2D eigenvalue weighted by Crippen LogP contribution is -2.32. The molecule has 0 aromatic heterocycles. The number of para-hydroxylation sites is 1. The predicted molar refractivity (Wildman–Crippen MR) is 231 cm³/mol. The van der Waals surface area contributed by atoms with Gasteiger partial charge >= 0.3 is 0 Å². The summed E-state index contributed by atoms with van der Waals surface area (Å²) >= 11 is 1.91. The van der Waals surface area contributed by atoms with Crippen molar-refractivity contribution in [1.82, 2.24) is 0 Å². The lowest BCUT2D eigenvalue weighted by molar-refractivity contribution is 0.724. The van der Waals surface area contributed by atoms with E-state index in [1.165, 1.54) is 81.9 Å². The van der Waals surface area contributed by atoms with Gasteiger partial charge in [0, 0.05) is 21.0 Å². The Bertz CT molecular complexity index is 2850. The maximum absolute atomic E-state index is 2.50. The zero-order valence-electron chi connectivity index (χ0n) is 30.1. The highest BCUT2D eigenvalue weighted by atomic mass is 32.2. The number of rotatable bonds is 5. The lowest BCUT2D eigenvalue weighted by atomic mass is 9.67. The topological polar surface area (TPSA) is 3.24 Å². The summed E-state index contributed by atoms with van der Waals surface area (Å²) in [5.41, 5.74) is 15.7. The second kappa shape index (κ2) is 12.8. The summed E-state index contributed by atoms with van der Waals surface area (Å²) < 4.78 is 0. The van der Waals surface area contributed by atoms with E-state index < -0.39 is 5.41 Å². The smallest absolute Gasteiger partial charge is 0.0736 e. The third kappa shape index (κ3) is 4.88. The van der Waals surface area contributed by atoms with Crippen molar-refractivity contribution in [2.45, 2.75) is 15.2 Å². The Hall–Kier alpha value is -6.61. The summed E-state index contributed by atoms with van der Waals surface area (Å²) in [4.78, 5) is 5.06. The largest absolute Gasteiger partial charge is 0.309 e. The molecule has 0 saturated heterocycles. The fourth-order valence-corrected chi connectivity index (χ4v) is 10.5. The third-order valence-electron chi connectivity index (χ3n) is 11.5. The summed E-state index contributed by atoms with van der Waals surface area (Å²) in [7, 11) is 0. The van der Waals surface area contributed by atoms with Gasteiger partial charge < -0.3 is 4.90 Å². The predicted octanol–water partition coefficient (Wildman–Crippen LogP) is 14.5. The van der Waals surface area contributed by atoms with Crippen LogP contribution in [0.5, 0.6) is 0 Å². The standard InChI is InChI=1S/C53H35NS/c1-3-16-36(17-4-1)37-30-32-41(33-31-37)54(49-28-14-11-22-42(49)38-18-5-2-6-19-38)50-29-15-27-47-52(50)55-51-35-40-21-8-7-20-39(40)34-48(51)53(47)45-25-12-9-23-43(45)44-24-10-13-26-46(44)53/h1-35H. The molecule has 0 saturated carbocycles. The number of hydrogen-bond donors (Lipinski definition) is 0. The molecule has 1 aliphatic heterocycles. The average Bonchev–Trinajstić information content (AvgIpc) is 3.55. The normalized spacial score (nSPS) is 13.2. The van der Waals surface area contributed by atoms with Gasteiger partial charge in [0.15, 0.2) is 0 Å². The second-order valence-corrected chi connectivity index (χ2v) is 15.5. The van der Waals surface area contributed by atoms with Gasteiger partial charge in [-0.25, -0.2) is 0 Å². The van der Waals surface area contributed by atoms with Crippen LogP contribution in [0.1, 0.15) is 22.3 Å². The van der Waals surface area contributed by atoms with E-state index in [4.69, 9.17) is 0 Å². The Kier molecular flexibility index (Phi) is 7.40. The zero-order valence-corrected chi connectivity index (χ0v) is 30.9. The Balaban J connectivity index is 1.22. The van der Waals surface area contributed by atoms with Gasteiger partial charge in [0.05, 0.1) is 16.8 Å². The maximum atomic E-state index is 2.50. The van der Waals surface area contributed by atoms with E-state index in [0.717, 1.165) is 11.4 Å². The fourth-order valence-electron chi connectivity index (χ4n) is 9.14. The molecule has 0 atom stereocenters. The highest BCUT2D eigenvalue weighted by Crippen LogP contribution is 2.64. The molecule has 0 unspecified atom stereocenters. The van der Waals surface area contributed by atoms with Gasteiger partial charge in [-0.2, -0.15) is 0 Å². The van der Waals surface area contributed by atoms with Gasteiger partial charge in [0.25, 0.3) is 0 Å². The second-order valence-electron chi connectivity index (χ2n) is 14.4. The lowest BCUT2D eigenvalue weighted by Gasteiger charge is -2.41. The van der Waals surface area contributed by atoms with Crippen molar-refractivity contribution in [3.8, 4) is 33.4 Å². The van der Waals surface area contributed by atoms with E-state index >= 15 is 0 Å². The van der Waals surface area contributed by atoms with Crippen LogP contribution in [-0.2, 0) is 5.41 Å². The Morgan fingerprint density at radius 1 is 0.345 bits per heavy atom. The number of benzene rings is 9. The van der Waals surface area contributed by atoms with E-state index in [9.17, 15) is 0 Å². The molecule has 0 radical (unpaired) electrons. The van der Waals surface area contributed by atoms with E-state index in [1.54, 1.807) is 0 Å². The molecular weight excluding hydrogens is 683 g/mol. The first kappa shape index (κ1) is 31.9. The molecule has 2 heteroatoms. The average molecular weight is 718 g/mol. The van der Waals surface area contributed by atoms with E-state index in [1.807, 2.05) is 11.8 Å². The number of hydrogen-bond acceptors (Lipinski definition) is 2. The minimum absolute atomic E-state index is 0.495. The van der Waals surface area contributed by atoms with Crippen molar-refractivity contribution < 1.29 is 0 Å². The van der Waals surface area contributed by atoms with Gasteiger partial charge in [-0.15, -0.1) is 0 Å². The monoisotopic (exact) mass is 717 g/mol. The molecule has 1 heterocycles. The van der Waals surface area contributed by atoms with Crippen molar-refractivity contribution in [3.05, 3.63) is 235 Å². The maximum Gasteiger partial charge on any atom is 0.0736 e. The first-order valence-electron chi connectivity index (χ1n) is 18.9. The summed E-state index contributed by atoms with van der Waals surface area (Å²) in [6.07, 6.45) is 0. The Morgan fingerprint density at radius 2 is 0.855 bits per heavy atom. The summed E-state index contributed by atoms with van der Waals surface area (Å²) in [6, 6.07) is 78.3. The summed E-state index contributed by atoms with van der Waals surface area (Å²) in [5, 5.41) is 2.52. The molecule has 9 aromatic carbocycles. The van der Waals surface area contributed by atoms with E-state index in [2.05, 4.69) is 217 Å². The fraction of sp³-hybridized carbons (Fsp3) is 0.0189. The Morgan fingerprint density at radius 3 is 1.55 bits per heavy atom. The minimum atomic E-state index is -0.495. The van der Waals surface area contributed by atoms with Crippen LogP contribution >= 0.6 is 11.8 Å². The number of fused-ring (bicyclic) bond motifs is 10. The molecule has 258 valence electrons. The Labute approximate surface area is 326 Å². The van der Waals surface area contributed by atoms with Crippen LogP contribution in [0.25, 0.3) is 44.2 Å². The van der Waals surface area contributed by atoms with Gasteiger partial charge in [-0.1, -0.05) is 188 Å².